The Balaban J connectivity index is 1.48. The van der Waals surface area contributed by atoms with Gasteiger partial charge in [-0.15, -0.1) is 11.8 Å². The van der Waals surface area contributed by atoms with Crippen molar-refractivity contribution < 1.29 is 19.4 Å². The van der Waals surface area contributed by atoms with Gasteiger partial charge in [0.2, 0.25) is 0 Å². The summed E-state index contributed by atoms with van der Waals surface area (Å²) in [5.74, 6) is 1.34. The fourth-order valence-electron chi connectivity index (χ4n) is 2.53. The summed E-state index contributed by atoms with van der Waals surface area (Å²) in [6, 6.07) is 15.1. The van der Waals surface area contributed by atoms with Crippen molar-refractivity contribution in [3.8, 4) is 11.5 Å². The van der Waals surface area contributed by atoms with Gasteiger partial charge in [0, 0.05) is 5.75 Å². The molecule has 3 rings (SSSR count). The van der Waals surface area contributed by atoms with Crippen molar-refractivity contribution >= 4 is 17.7 Å². The SMILES string of the molecule is Cc1ccc(OCCOc2cccc(C3NC(C(=O)O)CS3)c2)cc1. The minimum Gasteiger partial charge on any atom is -0.490 e. The van der Waals surface area contributed by atoms with Crippen LogP contribution in [0.1, 0.15) is 16.5 Å². The smallest absolute Gasteiger partial charge is 0.321 e. The van der Waals surface area contributed by atoms with Crippen molar-refractivity contribution in [1.29, 1.82) is 0 Å². The number of benzene rings is 2. The quantitative estimate of drug-likeness (QED) is 0.740. The fourth-order valence-corrected chi connectivity index (χ4v) is 3.75. The average Bonchev–Trinajstić information content (AvgIpc) is 3.11. The highest BCUT2D eigenvalue weighted by atomic mass is 32.2. The lowest BCUT2D eigenvalue weighted by molar-refractivity contribution is -0.138. The molecular weight excluding hydrogens is 338 g/mol. The Morgan fingerprint density at radius 2 is 1.88 bits per heavy atom. The van der Waals surface area contributed by atoms with Gasteiger partial charge in [0.05, 0.1) is 5.37 Å². The number of aliphatic carboxylic acids is 1. The lowest BCUT2D eigenvalue weighted by atomic mass is 10.2. The first kappa shape index (κ1) is 17.6. The minimum absolute atomic E-state index is 0.0199. The highest BCUT2D eigenvalue weighted by molar-refractivity contribution is 7.99. The van der Waals surface area contributed by atoms with Gasteiger partial charge in [-0.25, -0.2) is 0 Å². The van der Waals surface area contributed by atoms with Crippen molar-refractivity contribution in [2.45, 2.75) is 18.3 Å². The number of hydrogen-bond acceptors (Lipinski definition) is 5. The third-order valence-electron chi connectivity index (χ3n) is 3.88. The standard InChI is InChI=1S/C19H21NO4S/c1-13-5-7-15(8-6-13)23-9-10-24-16-4-2-3-14(11-16)18-20-17(12-25-18)19(21)22/h2-8,11,17-18,20H,9-10,12H2,1H3,(H,21,22). The Morgan fingerprint density at radius 1 is 1.16 bits per heavy atom. The van der Waals surface area contributed by atoms with Gasteiger partial charge in [-0.3, -0.25) is 10.1 Å². The topological polar surface area (TPSA) is 67.8 Å². The van der Waals surface area contributed by atoms with Crippen molar-refractivity contribution in [2.75, 3.05) is 19.0 Å². The maximum Gasteiger partial charge on any atom is 0.321 e. The first-order chi connectivity index (χ1) is 12.1. The van der Waals surface area contributed by atoms with Crippen LogP contribution in [0.4, 0.5) is 0 Å². The lowest BCUT2D eigenvalue weighted by Gasteiger charge is -2.13. The summed E-state index contributed by atoms with van der Waals surface area (Å²) in [4.78, 5) is 11.0. The molecule has 2 unspecified atom stereocenters. The summed E-state index contributed by atoms with van der Waals surface area (Å²) in [5, 5.41) is 12.2. The van der Waals surface area contributed by atoms with E-state index in [0.717, 1.165) is 17.1 Å². The molecule has 1 heterocycles. The van der Waals surface area contributed by atoms with Crippen LogP contribution in [0.5, 0.6) is 11.5 Å². The summed E-state index contributed by atoms with van der Waals surface area (Å²) < 4.78 is 11.4. The number of ether oxygens (including phenoxy) is 2. The van der Waals surface area contributed by atoms with E-state index in [1.165, 1.54) is 5.56 Å². The number of aryl methyl sites for hydroxylation is 1. The summed E-state index contributed by atoms with van der Waals surface area (Å²) in [7, 11) is 0. The molecule has 0 radical (unpaired) electrons. The van der Waals surface area contributed by atoms with E-state index >= 15 is 0 Å². The highest BCUT2D eigenvalue weighted by Crippen LogP contribution is 2.34. The van der Waals surface area contributed by atoms with E-state index in [0.29, 0.717) is 19.0 Å². The lowest BCUT2D eigenvalue weighted by Crippen LogP contribution is -2.33. The van der Waals surface area contributed by atoms with E-state index in [4.69, 9.17) is 14.6 Å². The summed E-state index contributed by atoms with van der Waals surface area (Å²) in [6.45, 7) is 2.95. The molecule has 0 amide bonds. The van der Waals surface area contributed by atoms with Crippen LogP contribution >= 0.6 is 11.8 Å². The van der Waals surface area contributed by atoms with Gasteiger partial charge in [0.25, 0.3) is 0 Å². The molecule has 1 saturated heterocycles. The molecule has 5 nitrogen and oxygen atoms in total. The normalized spacial score (nSPS) is 19.6. The molecule has 132 valence electrons. The number of hydrogen-bond donors (Lipinski definition) is 2. The van der Waals surface area contributed by atoms with E-state index in [-0.39, 0.29) is 5.37 Å². The van der Waals surface area contributed by atoms with E-state index in [2.05, 4.69) is 5.32 Å². The number of thioether (sulfide) groups is 1. The number of nitrogens with one attached hydrogen (secondary N) is 1. The molecule has 2 aromatic rings. The van der Waals surface area contributed by atoms with Crippen LogP contribution in [0, 0.1) is 6.92 Å². The first-order valence-corrected chi connectivity index (χ1v) is 9.19. The minimum atomic E-state index is -0.810. The summed E-state index contributed by atoms with van der Waals surface area (Å²) >= 11 is 1.60. The number of carboxylic acid groups (broad SMARTS) is 1. The van der Waals surface area contributed by atoms with Crippen LogP contribution in [-0.2, 0) is 4.79 Å². The molecule has 1 fully saturated rings. The molecular formula is C19H21NO4S. The maximum atomic E-state index is 11.0. The zero-order valence-electron chi connectivity index (χ0n) is 14.0. The molecule has 2 atom stereocenters. The molecule has 0 aliphatic carbocycles. The van der Waals surface area contributed by atoms with Crippen LogP contribution in [0.25, 0.3) is 0 Å². The first-order valence-electron chi connectivity index (χ1n) is 8.14. The van der Waals surface area contributed by atoms with E-state index in [9.17, 15) is 4.79 Å². The summed E-state index contributed by atoms with van der Waals surface area (Å²) in [6.07, 6.45) is 0. The second-order valence-corrected chi connectivity index (χ2v) is 6.99. The zero-order valence-corrected chi connectivity index (χ0v) is 14.8. The number of carbonyl (C=O) groups is 1. The molecule has 25 heavy (non-hydrogen) atoms. The van der Waals surface area contributed by atoms with E-state index in [1.54, 1.807) is 11.8 Å². The van der Waals surface area contributed by atoms with Crippen molar-refractivity contribution in [3.05, 3.63) is 59.7 Å². The van der Waals surface area contributed by atoms with Crippen molar-refractivity contribution in [2.24, 2.45) is 0 Å². The van der Waals surface area contributed by atoms with Crippen LogP contribution < -0.4 is 14.8 Å². The molecule has 2 N–H and O–H groups in total. The molecule has 6 heteroatoms. The predicted molar refractivity (Wildman–Crippen MR) is 98.4 cm³/mol. The average molecular weight is 359 g/mol. The molecule has 2 aromatic carbocycles. The third-order valence-corrected chi connectivity index (χ3v) is 5.15. The zero-order chi connectivity index (χ0) is 17.6. The number of carboxylic acids is 1. The molecule has 0 aromatic heterocycles. The second-order valence-electron chi connectivity index (χ2n) is 5.85. The maximum absolute atomic E-state index is 11.0. The molecule has 0 bridgehead atoms. The Labute approximate surface area is 151 Å². The van der Waals surface area contributed by atoms with E-state index in [1.807, 2.05) is 55.5 Å². The summed E-state index contributed by atoms with van der Waals surface area (Å²) in [5.41, 5.74) is 2.22. The highest BCUT2D eigenvalue weighted by Gasteiger charge is 2.30. The monoisotopic (exact) mass is 359 g/mol. The van der Waals surface area contributed by atoms with E-state index < -0.39 is 12.0 Å². The Hall–Kier alpha value is -2.18. The van der Waals surface area contributed by atoms with Crippen LogP contribution in [0.15, 0.2) is 48.5 Å². The third kappa shape index (κ3) is 4.90. The molecule has 1 aliphatic heterocycles. The second kappa shape index (κ2) is 8.27. The van der Waals surface area contributed by atoms with Gasteiger partial charge >= 0.3 is 5.97 Å². The van der Waals surface area contributed by atoms with Crippen LogP contribution in [0.2, 0.25) is 0 Å². The van der Waals surface area contributed by atoms with Gasteiger partial charge < -0.3 is 14.6 Å². The molecule has 1 aliphatic rings. The number of rotatable bonds is 7. The van der Waals surface area contributed by atoms with Gasteiger partial charge in [0.1, 0.15) is 30.8 Å². The van der Waals surface area contributed by atoms with Crippen LogP contribution in [0.3, 0.4) is 0 Å². The molecule has 0 spiro atoms. The van der Waals surface area contributed by atoms with Gasteiger partial charge in [0.15, 0.2) is 0 Å². The Morgan fingerprint density at radius 3 is 2.56 bits per heavy atom. The fraction of sp³-hybridized carbons (Fsp3) is 0.316. The Kier molecular flexibility index (Phi) is 5.83. The predicted octanol–water partition coefficient (Wildman–Crippen LogP) is 3.24. The Bertz CT molecular complexity index is 720. The van der Waals surface area contributed by atoms with Gasteiger partial charge in [-0.2, -0.15) is 0 Å². The largest absolute Gasteiger partial charge is 0.490 e. The molecule has 0 saturated carbocycles. The van der Waals surface area contributed by atoms with Crippen molar-refractivity contribution in [3.63, 3.8) is 0 Å². The van der Waals surface area contributed by atoms with Crippen molar-refractivity contribution in [1.82, 2.24) is 5.32 Å². The van der Waals surface area contributed by atoms with Gasteiger partial charge in [-0.05, 0) is 36.8 Å². The van der Waals surface area contributed by atoms with Crippen LogP contribution in [-0.4, -0.2) is 36.1 Å². The van der Waals surface area contributed by atoms with Gasteiger partial charge in [-0.1, -0.05) is 29.8 Å².